The summed E-state index contributed by atoms with van der Waals surface area (Å²) in [6.07, 6.45) is 1.64. The van der Waals surface area contributed by atoms with Crippen molar-refractivity contribution in [3.8, 4) is 0 Å². The predicted molar refractivity (Wildman–Crippen MR) is 67.7 cm³/mol. The molecule has 4 heteroatoms. The molecule has 1 saturated heterocycles. The van der Waals surface area contributed by atoms with Crippen molar-refractivity contribution in [2.45, 2.75) is 23.9 Å². The van der Waals surface area contributed by atoms with E-state index < -0.39 is 6.17 Å². The summed E-state index contributed by atoms with van der Waals surface area (Å²) in [5.41, 5.74) is 0. The van der Waals surface area contributed by atoms with Crippen LogP contribution in [0, 0.1) is 5.82 Å². The third-order valence-corrected chi connectivity index (χ3v) is 3.96. The number of alkyl halides is 1. The minimum absolute atomic E-state index is 0.187. The molecule has 1 nitrogen and oxygen atoms in total. The highest BCUT2D eigenvalue weighted by atomic mass is 32.2. The second-order valence-electron chi connectivity index (χ2n) is 4.37. The van der Waals surface area contributed by atoms with Crippen LogP contribution >= 0.6 is 11.8 Å². The summed E-state index contributed by atoms with van der Waals surface area (Å²) in [5, 5.41) is 0. The van der Waals surface area contributed by atoms with Crippen LogP contribution < -0.4 is 0 Å². The Morgan fingerprint density at radius 1 is 1.18 bits per heavy atom. The molecule has 0 spiro atoms. The average Bonchev–Trinajstić information content (AvgIpc) is 2.28. The van der Waals surface area contributed by atoms with Crippen LogP contribution in [0.15, 0.2) is 29.2 Å². The lowest BCUT2D eigenvalue weighted by molar-refractivity contribution is 0.0648. The fourth-order valence-corrected chi connectivity index (χ4v) is 2.76. The molecule has 17 heavy (non-hydrogen) atoms. The summed E-state index contributed by atoms with van der Waals surface area (Å²) in [4.78, 5) is 3.26. The molecule has 1 aliphatic heterocycles. The number of thioether (sulfide) groups is 1. The van der Waals surface area contributed by atoms with Gasteiger partial charge in [0.05, 0.1) is 0 Å². The van der Waals surface area contributed by atoms with Gasteiger partial charge in [0.25, 0.3) is 0 Å². The van der Waals surface area contributed by atoms with Crippen LogP contribution in [-0.4, -0.2) is 36.5 Å². The highest BCUT2D eigenvalue weighted by Gasteiger charge is 2.24. The summed E-state index contributed by atoms with van der Waals surface area (Å²) in [6.45, 7) is 2.24. The van der Waals surface area contributed by atoms with Crippen LogP contribution in [0.25, 0.3) is 0 Å². The highest BCUT2D eigenvalue weighted by molar-refractivity contribution is 7.99. The molecular weight excluding hydrogens is 240 g/mol. The minimum Gasteiger partial charge on any atom is -0.297 e. The van der Waals surface area contributed by atoms with Crippen LogP contribution in [0.3, 0.4) is 0 Å². The Hall–Kier alpha value is -0.610. The molecular formula is C13H17F2NS. The Morgan fingerprint density at radius 3 is 2.53 bits per heavy atom. The Balaban J connectivity index is 1.52. The Labute approximate surface area is 105 Å². The van der Waals surface area contributed by atoms with Gasteiger partial charge in [-0.25, -0.2) is 8.78 Å². The molecule has 0 amide bonds. The molecule has 0 aromatic heterocycles. The van der Waals surface area contributed by atoms with E-state index in [-0.39, 0.29) is 5.82 Å². The van der Waals surface area contributed by atoms with Gasteiger partial charge in [-0.15, -0.1) is 11.8 Å². The van der Waals surface area contributed by atoms with E-state index in [0.29, 0.717) is 13.1 Å². The lowest BCUT2D eigenvalue weighted by Gasteiger charge is -2.34. The summed E-state index contributed by atoms with van der Waals surface area (Å²) < 4.78 is 25.2. The average molecular weight is 257 g/mol. The Bertz CT molecular complexity index is 336. The monoisotopic (exact) mass is 257 g/mol. The van der Waals surface area contributed by atoms with Gasteiger partial charge in [-0.1, -0.05) is 0 Å². The van der Waals surface area contributed by atoms with E-state index in [0.717, 1.165) is 30.0 Å². The van der Waals surface area contributed by atoms with E-state index in [1.807, 2.05) is 12.1 Å². The van der Waals surface area contributed by atoms with Crippen molar-refractivity contribution in [2.75, 3.05) is 25.4 Å². The maximum absolute atomic E-state index is 12.7. The van der Waals surface area contributed by atoms with E-state index >= 15 is 0 Å². The number of hydrogen-bond acceptors (Lipinski definition) is 2. The molecule has 94 valence electrons. The number of unbranched alkanes of at least 4 members (excludes halogenated alkanes) is 1. The first-order valence-corrected chi connectivity index (χ1v) is 6.97. The molecule has 1 aromatic rings. The van der Waals surface area contributed by atoms with E-state index in [2.05, 4.69) is 4.90 Å². The zero-order valence-electron chi connectivity index (χ0n) is 9.74. The largest absolute Gasteiger partial charge is 0.297 e. The smallest absolute Gasteiger partial charge is 0.125 e. The molecule has 0 saturated carbocycles. The lowest BCUT2D eigenvalue weighted by atomic mass is 10.2. The number of rotatable bonds is 6. The van der Waals surface area contributed by atoms with Gasteiger partial charge in [0, 0.05) is 18.0 Å². The maximum Gasteiger partial charge on any atom is 0.125 e. The van der Waals surface area contributed by atoms with E-state index in [4.69, 9.17) is 0 Å². The van der Waals surface area contributed by atoms with Gasteiger partial charge in [-0.2, -0.15) is 0 Å². The second-order valence-corrected chi connectivity index (χ2v) is 5.53. The van der Waals surface area contributed by atoms with Crippen molar-refractivity contribution in [3.63, 3.8) is 0 Å². The molecule has 1 fully saturated rings. The van der Waals surface area contributed by atoms with Crippen molar-refractivity contribution < 1.29 is 8.78 Å². The molecule has 0 aliphatic carbocycles. The zero-order valence-corrected chi connectivity index (χ0v) is 10.6. The minimum atomic E-state index is -0.594. The molecule has 0 unspecified atom stereocenters. The quantitative estimate of drug-likeness (QED) is 0.568. The van der Waals surface area contributed by atoms with Crippen molar-refractivity contribution in [3.05, 3.63) is 30.1 Å². The standard InChI is InChI=1S/C13H17F2NS/c14-11-3-5-13(6-4-11)17-8-2-1-7-16-9-12(15)10-16/h3-6,12H,1-2,7-10H2. The van der Waals surface area contributed by atoms with Gasteiger partial charge < -0.3 is 0 Å². The molecule has 1 aliphatic rings. The molecule has 0 N–H and O–H groups in total. The second kappa shape index (κ2) is 6.36. The van der Waals surface area contributed by atoms with Crippen molar-refractivity contribution in [1.82, 2.24) is 4.90 Å². The van der Waals surface area contributed by atoms with Crippen molar-refractivity contribution in [2.24, 2.45) is 0 Å². The molecule has 0 radical (unpaired) electrons. The first-order valence-electron chi connectivity index (χ1n) is 5.99. The number of likely N-dealkylation sites (tertiary alicyclic amines) is 1. The fraction of sp³-hybridized carbons (Fsp3) is 0.538. The third kappa shape index (κ3) is 4.28. The first-order chi connectivity index (χ1) is 8.24. The van der Waals surface area contributed by atoms with Crippen LogP contribution in [0.4, 0.5) is 8.78 Å². The van der Waals surface area contributed by atoms with Gasteiger partial charge in [0.15, 0.2) is 0 Å². The van der Waals surface area contributed by atoms with Crippen molar-refractivity contribution >= 4 is 11.8 Å². The topological polar surface area (TPSA) is 3.24 Å². The Morgan fingerprint density at radius 2 is 1.88 bits per heavy atom. The van der Waals surface area contributed by atoms with Gasteiger partial charge in [-0.3, -0.25) is 4.90 Å². The first kappa shape index (κ1) is 12.8. The predicted octanol–water partition coefficient (Wildman–Crippen LogP) is 3.35. The molecule has 0 bridgehead atoms. The SMILES string of the molecule is Fc1ccc(SCCCCN2CC(F)C2)cc1. The number of nitrogens with zero attached hydrogens (tertiary/aromatic N) is 1. The van der Waals surface area contributed by atoms with Gasteiger partial charge in [-0.05, 0) is 49.4 Å². The van der Waals surface area contributed by atoms with E-state index in [1.54, 1.807) is 11.8 Å². The van der Waals surface area contributed by atoms with Crippen LogP contribution in [0.1, 0.15) is 12.8 Å². The van der Waals surface area contributed by atoms with Crippen molar-refractivity contribution in [1.29, 1.82) is 0 Å². The van der Waals surface area contributed by atoms with Gasteiger partial charge >= 0.3 is 0 Å². The number of benzene rings is 1. The van der Waals surface area contributed by atoms with E-state index in [1.165, 1.54) is 12.1 Å². The van der Waals surface area contributed by atoms with Gasteiger partial charge in [0.1, 0.15) is 12.0 Å². The lowest BCUT2D eigenvalue weighted by Crippen LogP contribution is -2.48. The van der Waals surface area contributed by atoms with Crippen LogP contribution in [0.5, 0.6) is 0 Å². The molecule has 1 aromatic carbocycles. The zero-order chi connectivity index (χ0) is 12.1. The summed E-state index contributed by atoms with van der Waals surface area (Å²) in [5.74, 6) is 0.853. The summed E-state index contributed by atoms with van der Waals surface area (Å²) in [6, 6.07) is 6.60. The highest BCUT2D eigenvalue weighted by Crippen LogP contribution is 2.20. The molecule has 1 heterocycles. The molecule has 0 atom stereocenters. The number of halogens is 2. The third-order valence-electron chi connectivity index (χ3n) is 2.86. The normalized spacial score (nSPS) is 17.1. The maximum atomic E-state index is 12.7. The number of hydrogen-bond donors (Lipinski definition) is 0. The summed E-state index contributed by atoms with van der Waals surface area (Å²) in [7, 11) is 0. The van der Waals surface area contributed by atoms with Gasteiger partial charge in [0.2, 0.25) is 0 Å². The van der Waals surface area contributed by atoms with Crippen LogP contribution in [-0.2, 0) is 0 Å². The van der Waals surface area contributed by atoms with Crippen LogP contribution in [0.2, 0.25) is 0 Å². The van der Waals surface area contributed by atoms with E-state index in [9.17, 15) is 8.78 Å². The Kier molecular flexibility index (Phi) is 4.80. The fourth-order valence-electron chi connectivity index (χ4n) is 1.85. The summed E-state index contributed by atoms with van der Waals surface area (Å²) >= 11 is 1.75. The molecule has 2 rings (SSSR count).